The molecule has 3 heteroatoms. The van der Waals surface area contributed by atoms with Crippen LogP contribution in [-0.2, 0) is 4.74 Å². The first kappa shape index (κ1) is 17.4. The molecule has 0 aromatic rings. The lowest BCUT2D eigenvalue weighted by molar-refractivity contribution is 0.0375. The van der Waals surface area contributed by atoms with E-state index in [2.05, 4.69) is 43.1 Å². The molecule has 1 aliphatic heterocycles. The van der Waals surface area contributed by atoms with E-state index in [0.717, 1.165) is 39.4 Å². The van der Waals surface area contributed by atoms with Gasteiger partial charge in [-0.15, -0.1) is 0 Å². The average molecular weight is 280 g/mol. The summed E-state index contributed by atoms with van der Waals surface area (Å²) < 4.78 is 5.35. The molecule has 0 spiro atoms. The highest BCUT2D eigenvalue weighted by atomic mass is 16.5. The summed E-state index contributed by atoms with van der Waals surface area (Å²) in [5.41, 5.74) is 2.90. The summed E-state index contributed by atoms with van der Waals surface area (Å²) in [5.74, 6) is 0. The molecular weight excluding hydrogens is 248 g/mol. The molecule has 1 fully saturated rings. The molecule has 0 unspecified atom stereocenters. The predicted octanol–water partition coefficient (Wildman–Crippen LogP) is 2.99. The van der Waals surface area contributed by atoms with Crippen LogP contribution in [0.2, 0.25) is 0 Å². The molecule has 0 aromatic heterocycles. The Morgan fingerprint density at radius 2 is 1.90 bits per heavy atom. The number of rotatable bonds is 9. The minimum Gasteiger partial charge on any atom is -0.379 e. The third-order valence-electron chi connectivity index (χ3n) is 3.62. The lowest BCUT2D eigenvalue weighted by Crippen LogP contribution is -2.37. The molecule has 0 aliphatic carbocycles. The van der Waals surface area contributed by atoms with Gasteiger partial charge in [0, 0.05) is 19.6 Å². The van der Waals surface area contributed by atoms with Crippen LogP contribution >= 0.6 is 0 Å². The van der Waals surface area contributed by atoms with Gasteiger partial charge in [-0.1, -0.05) is 23.3 Å². The maximum absolute atomic E-state index is 5.35. The minimum atomic E-state index is 0.904. The fraction of sp³-hybridized carbons (Fsp3) is 0.765. The normalized spacial score (nSPS) is 17.2. The minimum absolute atomic E-state index is 0.904. The lowest BCUT2D eigenvalue weighted by Gasteiger charge is -2.26. The van der Waals surface area contributed by atoms with Crippen LogP contribution in [0.1, 0.15) is 40.0 Å². The molecule has 20 heavy (non-hydrogen) atoms. The summed E-state index contributed by atoms with van der Waals surface area (Å²) in [6.45, 7) is 13.9. The maximum atomic E-state index is 5.35. The van der Waals surface area contributed by atoms with Crippen molar-refractivity contribution in [2.45, 2.75) is 40.0 Å². The molecule has 0 bridgehead atoms. The number of morpholine rings is 1. The van der Waals surface area contributed by atoms with Gasteiger partial charge in [0.2, 0.25) is 0 Å². The van der Waals surface area contributed by atoms with Crippen molar-refractivity contribution in [2.24, 2.45) is 0 Å². The first-order valence-electron chi connectivity index (χ1n) is 7.98. The second-order valence-corrected chi connectivity index (χ2v) is 5.88. The Bertz CT molecular complexity index is 300. The van der Waals surface area contributed by atoms with Gasteiger partial charge in [-0.2, -0.15) is 0 Å². The van der Waals surface area contributed by atoms with Crippen molar-refractivity contribution in [3.05, 3.63) is 23.3 Å². The van der Waals surface area contributed by atoms with Gasteiger partial charge < -0.3 is 10.1 Å². The van der Waals surface area contributed by atoms with Gasteiger partial charge in [0.1, 0.15) is 0 Å². The van der Waals surface area contributed by atoms with Crippen molar-refractivity contribution >= 4 is 0 Å². The fourth-order valence-electron chi connectivity index (χ4n) is 2.29. The monoisotopic (exact) mass is 280 g/mol. The molecule has 1 N–H and O–H groups in total. The van der Waals surface area contributed by atoms with Crippen LogP contribution in [0.4, 0.5) is 0 Å². The van der Waals surface area contributed by atoms with Crippen LogP contribution in [0.25, 0.3) is 0 Å². The van der Waals surface area contributed by atoms with E-state index in [1.54, 1.807) is 0 Å². The van der Waals surface area contributed by atoms with Crippen LogP contribution in [0, 0.1) is 0 Å². The average Bonchev–Trinajstić information content (AvgIpc) is 2.43. The summed E-state index contributed by atoms with van der Waals surface area (Å²) >= 11 is 0. The highest BCUT2D eigenvalue weighted by Crippen LogP contribution is 2.05. The van der Waals surface area contributed by atoms with E-state index in [1.807, 2.05) is 0 Å². The molecule has 0 radical (unpaired) electrons. The van der Waals surface area contributed by atoms with E-state index in [1.165, 1.54) is 37.0 Å². The number of hydrogen-bond acceptors (Lipinski definition) is 3. The van der Waals surface area contributed by atoms with Crippen molar-refractivity contribution in [1.82, 2.24) is 10.2 Å². The van der Waals surface area contributed by atoms with Gasteiger partial charge in [-0.05, 0) is 53.1 Å². The van der Waals surface area contributed by atoms with Crippen molar-refractivity contribution in [3.8, 4) is 0 Å². The highest BCUT2D eigenvalue weighted by molar-refractivity contribution is 5.02. The van der Waals surface area contributed by atoms with Crippen LogP contribution in [0.5, 0.6) is 0 Å². The van der Waals surface area contributed by atoms with Crippen LogP contribution in [-0.4, -0.2) is 50.8 Å². The van der Waals surface area contributed by atoms with E-state index < -0.39 is 0 Å². The van der Waals surface area contributed by atoms with Crippen LogP contribution in [0.3, 0.4) is 0 Å². The first-order chi connectivity index (χ1) is 9.68. The number of ether oxygens (including phenoxy) is 1. The van der Waals surface area contributed by atoms with Crippen molar-refractivity contribution in [3.63, 3.8) is 0 Å². The number of nitrogens with one attached hydrogen (secondary N) is 1. The van der Waals surface area contributed by atoms with E-state index in [9.17, 15) is 0 Å². The van der Waals surface area contributed by atoms with E-state index in [0.29, 0.717) is 0 Å². The van der Waals surface area contributed by atoms with E-state index >= 15 is 0 Å². The van der Waals surface area contributed by atoms with Crippen molar-refractivity contribution < 1.29 is 4.74 Å². The highest BCUT2D eigenvalue weighted by Gasteiger charge is 2.08. The van der Waals surface area contributed by atoms with Gasteiger partial charge in [0.05, 0.1) is 13.2 Å². The van der Waals surface area contributed by atoms with Gasteiger partial charge >= 0.3 is 0 Å². The summed E-state index contributed by atoms with van der Waals surface area (Å²) in [7, 11) is 0. The standard InChI is InChI=1S/C17H32N2O/c1-16(2)6-4-7-17(3)8-10-18-9-5-11-19-12-14-20-15-13-19/h6,8,18H,4-5,7,9-15H2,1-3H3. The molecule has 1 saturated heterocycles. The molecule has 3 nitrogen and oxygen atoms in total. The van der Waals surface area contributed by atoms with Crippen molar-refractivity contribution in [1.29, 1.82) is 0 Å². The topological polar surface area (TPSA) is 24.5 Å². The number of nitrogens with zero attached hydrogens (tertiary/aromatic N) is 1. The molecule has 0 saturated carbocycles. The second kappa shape index (κ2) is 11.1. The smallest absolute Gasteiger partial charge is 0.0594 e. The Balaban J connectivity index is 1.96. The van der Waals surface area contributed by atoms with Crippen LogP contribution < -0.4 is 5.32 Å². The Labute approximate surface area is 125 Å². The zero-order valence-corrected chi connectivity index (χ0v) is 13.6. The van der Waals surface area contributed by atoms with Crippen molar-refractivity contribution in [2.75, 3.05) is 45.9 Å². The third-order valence-corrected chi connectivity index (χ3v) is 3.62. The van der Waals surface area contributed by atoms with Gasteiger partial charge in [0.25, 0.3) is 0 Å². The van der Waals surface area contributed by atoms with Gasteiger partial charge in [-0.3, -0.25) is 4.90 Å². The number of allylic oxidation sites excluding steroid dienone is 3. The summed E-state index contributed by atoms with van der Waals surface area (Å²) in [6.07, 6.45) is 8.22. The van der Waals surface area contributed by atoms with E-state index in [4.69, 9.17) is 4.74 Å². The molecular formula is C17H32N2O. The summed E-state index contributed by atoms with van der Waals surface area (Å²) in [5, 5.41) is 3.51. The third kappa shape index (κ3) is 9.29. The largest absolute Gasteiger partial charge is 0.379 e. The zero-order chi connectivity index (χ0) is 14.6. The molecule has 116 valence electrons. The summed E-state index contributed by atoms with van der Waals surface area (Å²) in [6, 6.07) is 0. The Hall–Kier alpha value is -0.640. The quantitative estimate of drug-likeness (QED) is 0.519. The molecule has 1 rings (SSSR count). The SMILES string of the molecule is CC(C)=CCCC(C)=CCNCCCN1CCOCC1. The Morgan fingerprint density at radius 1 is 1.15 bits per heavy atom. The van der Waals surface area contributed by atoms with Gasteiger partial charge in [0.15, 0.2) is 0 Å². The molecule has 0 atom stereocenters. The molecule has 0 aromatic carbocycles. The predicted molar refractivity (Wildman–Crippen MR) is 87.2 cm³/mol. The Kier molecular flexibility index (Phi) is 9.63. The maximum Gasteiger partial charge on any atom is 0.0594 e. The molecule has 1 heterocycles. The van der Waals surface area contributed by atoms with Gasteiger partial charge in [-0.25, -0.2) is 0 Å². The number of hydrogen-bond donors (Lipinski definition) is 1. The first-order valence-corrected chi connectivity index (χ1v) is 7.98. The zero-order valence-electron chi connectivity index (χ0n) is 13.6. The fourth-order valence-corrected chi connectivity index (χ4v) is 2.29. The Morgan fingerprint density at radius 3 is 2.60 bits per heavy atom. The second-order valence-electron chi connectivity index (χ2n) is 5.88. The molecule has 0 amide bonds. The van der Waals surface area contributed by atoms with E-state index in [-0.39, 0.29) is 0 Å². The summed E-state index contributed by atoms with van der Waals surface area (Å²) in [4.78, 5) is 2.49. The molecule has 1 aliphatic rings. The lowest BCUT2D eigenvalue weighted by atomic mass is 10.1. The van der Waals surface area contributed by atoms with Crippen LogP contribution in [0.15, 0.2) is 23.3 Å².